The molecule has 0 spiro atoms. The Morgan fingerprint density at radius 3 is 2.70 bits per heavy atom. The third-order valence-corrected chi connectivity index (χ3v) is 3.19. The van der Waals surface area contributed by atoms with Gasteiger partial charge in [0.25, 0.3) is 0 Å². The quantitative estimate of drug-likeness (QED) is 0.323. The maximum Gasteiger partial charge on any atom is 0.235 e. The number of hydrogen-bond donors (Lipinski definition) is 3. The predicted octanol–water partition coefficient (Wildman–Crippen LogP) is 2.91. The van der Waals surface area contributed by atoms with Gasteiger partial charge in [0.05, 0.1) is 5.92 Å². The first kappa shape index (κ1) is 16.0. The summed E-state index contributed by atoms with van der Waals surface area (Å²) in [5.74, 6) is -0.512. The zero-order valence-corrected chi connectivity index (χ0v) is 12.3. The van der Waals surface area contributed by atoms with Gasteiger partial charge in [-0.05, 0) is 30.0 Å². The van der Waals surface area contributed by atoms with Crippen LogP contribution in [0.15, 0.2) is 29.4 Å². The molecular formula is C15H23N3O2. The summed E-state index contributed by atoms with van der Waals surface area (Å²) in [5, 5.41) is 14.5. The fourth-order valence-corrected chi connectivity index (χ4v) is 1.98. The van der Waals surface area contributed by atoms with Crippen molar-refractivity contribution in [2.75, 3.05) is 5.32 Å². The van der Waals surface area contributed by atoms with E-state index in [-0.39, 0.29) is 11.7 Å². The summed E-state index contributed by atoms with van der Waals surface area (Å²) in [6, 6.07) is 7.70. The smallest absolute Gasteiger partial charge is 0.235 e. The molecule has 0 aromatic heterocycles. The molecule has 0 radical (unpaired) electrons. The average Bonchev–Trinajstić information content (AvgIpc) is 2.44. The van der Waals surface area contributed by atoms with Crippen molar-refractivity contribution in [2.24, 2.45) is 16.8 Å². The van der Waals surface area contributed by atoms with E-state index in [9.17, 15) is 4.79 Å². The second-order valence-electron chi connectivity index (χ2n) is 5.14. The van der Waals surface area contributed by atoms with Crippen molar-refractivity contribution >= 4 is 17.4 Å². The van der Waals surface area contributed by atoms with E-state index in [4.69, 9.17) is 10.9 Å². The molecule has 0 fully saturated rings. The van der Waals surface area contributed by atoms with E-state index in [1.54, 1.807) is 0 Å². The van der Waals surface area contributed by atoms with Gasteiger partial charge in [0.2, 0.25) is 5.91 Å². The van der Waals surface area contributed by atoms with Crippen molar-refractivity contribution in [3.05, 3.63) is 29.8 Å². The lowest BCUT2D eigenvalue weighted by Gasteiger charge is -2.15. The van der Waals surface area contributed by atoms with Crippen LogP contribution in [0.25, 0.3) is 0 Å². The minimum absolute atomic E-state index is 0.0515. The van der Waals surface area contributed by atoms with Crippen LogP contribution in [0.1, 0.15) is 45.1 Å². The Labute approximate surface area is 119 Å². The van der Waals surface area contributed by atoms with Crippen molar-refractivity contribution in [2.45, 2.75) is 39.5 Å². The molecule has 0 aliphatic heterocycles. The Kier molecular flexibility index (Phi) is 6.03. The third-order valence-electron chi connectivity index (χ3n) is 3.19. The van der Waals surface area contributed by atoms with Crippen molar-refractivity contribution in [1.29, 1.82) is 0 Å². The molecule has 5 nitrogen and oxygen atoms in total. The van der Waals surface area contributed by atoms with Gasteiger partial charge in [0.15, 0.2) is 5.84 Å². The number of anilines is 1. The Morgan fingerprint density at radius 1 is 1.45 bits per heavy atom. The van der Waals surface area contributed by atoms with Crippen molar-refractivity contribution in [3.63, 3.8) is 0 Å². The van der Waals surface area contributed by atoms with Gasteiger partial charge in [0, 0.05) is 5.69 Å². The summed E-state index contributed by atoms with van der Waals surface area (Å²) in [7, 11) is 0. The summed E-state index contributed by atoms with van der Waals surface area (Å²) in [4.78, 5) is 12.2. The molecule has 0 aliphatic carbocycles. The van der Waals surface area contributed by atoms with Crippen LogP contribution >= 0.6 is 0 Å². The maximum atomic E-state index is 12.2. The molecule has 0 heterocycles. The number of hydrogen-bond acceptors (Lipinski definition) is 3. The fourth-order valence-electron chi connectivity index (χ4n) is 1.98. The molecule has 0 bridgehead atoms. The average molecular weight is 277 g/mol. The first-order chi connectivity index (χ1) is 9.49. The van der Waals surface area contributed by atoms with Gasteiger partial charge in [-0.1, -0.05) is 44.5 Å². The first-order valence-electron chi connectivity index (χ1n) is 6.87. The molecular weight excluding hydrogens is 254 g/mol. The van der Waals surface area contributed by atoms with E-state index < -0.39 is 5.92 Å². The van der Waals surface area contributed by atoms with E-state index >= 15 is 0 Å². The van der Waals surface area contributed by atoms with E-state index in [0.29, 0.717) is 12.3 Å². The molecule has 0 aliphatic rings. The van der Waals surface area contributed by atoms with Crippen LogP contribution < -0.4 is 11.1 Å². The standard InChI is InChI=1S/C15H23N3O2/c1-4-6-13(14(16)18-20)15(19)17-12-8-5-7-11(9-12)10(2)3/h5,7-10,13,20H,4,6H2,1-3H3,(H2,16,18)(H,17,19). The molecule has 110 valence electrons. The van der Waals surface area contributed by atoms with Crippen LogP contribution in [-0.4, -0.2) is 17.0 Å². The molecule has 0 saturated carbocycles. The summed E-state index contributed by atoms with van der Waals surface area (Å²) >= 11 is 0. The normalized spacial score (nSPS) is 13.3. The summed E-state index contributed by atoms with van der Waals surface area (Å²) in [6.45, 7) is 6.14. The number of nitrogens with two attached hydrogens (primary N) is 1. The number of rotatable bonds is 6. The molecule has 1 amide bonds. The number of amidine groups is 1. The van der Waals surface area contributed by atoms with Crippen LogP contribution in [0.5, 0.6) is 0 Å². The number of nitrogens with zero attached hydrogens (tertiary/aromatic N) is 1. The highest BCUT2D eigenvalue weighted by Crippen LogP contribution is 2.19. The Morgan fingerprint density at radius 2 is 2.15 bits per heavy atom. The SMILES string of the molecule is CCCC(C(=O)Nc1cccc(C(C)C)c1)C(N)=NO. The zero-order chi connectivity index (χ0) is 15.1. The summed E-state index contributed by atoms with van der Waals surface area (Å²) in [6.07, 6.45) is 1.33. The fraction of sp³-hybridized carbons (Fsp3) is 0.467. The van der Waals surface area contributed by atoms with E-state index in [1.807, 2.05) is 31.2 Å². The number of carbonyl (C=O) groups excluding carboxylic acids is 1. The van der Waals surface area contributed by atoms with Gasteiger partial charge in [-0.25, -0.2) is 0 Å². The number of nitrogens with one attached hydrogen (secondary N) is 1. The number of amides is 1. The second-order valence-corrected chi connectivity index (χ2v) is 5.14. The van der Waals surface area contributed by atoms with Gasteiger partial charge in [0.1, 0.15) is 0 Å². The lowest BCUT2D eigenvalue weighted by atomic mass is 10.0. The molecule has 4 N–H and O–H groups in total. The van der Waals surface area contributed by atoms with Gasteiger partial charge in [-0.3, -0.25) is 4.79 Å². The van der Waals surface area contributed by atoms with Gasteiger partial charge >= 0.3 is 0 Å². The topological polar surface area (TPSA) is 87.7 Å². The summed E-state index contributed by atoms with van der Waals surface area (Å²) < 4.78 is 0. The van der Waals surface area contributed by atoms with Crippen molar-refractivity contribution in [3.8, 4) is 0 Å². The highest BCUT2D eigenvalue weighted by molar-refractivity contribution is 6.07. The lowest BCUT2D eigenvalue weighted by molar-refractivity contribution is -0.118. The largest absolute Gasteiger partial charge is 0.409 e. The maximum absolute atomic E-state index is 12.2. The molecule has 5 heteroatoms. The number of carbonyl (C=O) groups is 1. The Balaban J connectivity index is 2.85. The molecule has 20 heavy (non-hydrogen) atoms. The van der Waals surface area contributed by atoms with E-state index in [1.165, 1.54) is 0 Å². The monoisotopic (exact) mass is 277 g/mol. The van der Waals surface area contributed by atoms with E-state index in [0.717, 1.165) is 17.7 Å². The molecule has 1 unspecified atom stereocenters. The van der Waals surface area contributed by atoms with Crippen molar-refractivity contribution < 1.29 is 10.0 Å². The molecule has 0 saturated heterocycles. The Bertz CT molecular complexity index is 484. The second kappa shape index (κ2) is 7.53. The third kappa shape index (κ3) is 4.26. The molecule has 1 atom stereocenters. The first-order valence-corrected chi connectivity index (χ1v) is 6.87. The lowest BCUT2D eigenvalue weighted by Crippen LogP contribution is -2.34. The minimum atomic E-state index is -0.604. The molecule has 1 aromatic carbocycles. The van der Waals surface area contributed by atoms with Crippen LogP contribution in [0.3, 0.4) is 0 Å². The van der Waals surface area contributed by atoms with Gasteiger partial charge < -0.3 is 16.3 Å². The number of benzene rings is 1. The van der Waals surface area contributed by atoms with Crippen LogP contribution in [0.2, 0.25) is 0 Å². The van der Waals surface area contributed by atoms with Gasteiger partial charge in [-0.2, -0.15) is 0 Å². The zero-order valence-electron chi connectivity index (χ0n) is 12.3. The minimum Gasteiger partial charge on any atom is -0.409 e. The van der Waals surface area contributed by atoms with E-state index in [2.05, 4.69) is 24.3 Å². The molecule has 1 rings (SSSR count). The summed E-state index contributed by atoms with van der Waals surface area (Å²) in [5.41, 5.74) is 7.46. The number of oxime groups is 1. The van der Waals surface area contributed by atoms with Crippen LogP contribution in [-0.2, 0) is 4.79 Å². The van der Waals surface area contributed by atoms with Gasteiger partial charge in [-0.15, -0.1) is 0 Å². The molecule has 1 aromatic rings. The Hall–Kier alpha value is -2.04. The predicted molar refractivity (Wildman–Crippen MR) is 81.0 cm³/mol. The van der Waals surface area contributed by atoms with Crippen LogP contribution in [0.4, 0.5) is 5.69 Å². The van der Waals surface area contributed by atoms with Crippen LogP contribution in [0, 0.1) is 5.92 Å². The highest BCUT2D eigenvalue weighted by Gasteiger charge is 2.22. The van der Waals surface area contributed by atoms with Crippen molar-refractivity contribution in [1.82, 2.24) is 0 Å². The highest BCUT2D eigenvalue weighted by atomic mass is 16.4.